The van der Waals surface area contributed by atoms with E-state index < -0.39 is 0 Å². The van der Waals surface area contributed by atoms with Crippen LogP contribution in [-0.2, 0) is 9.53 Å². The molecule has 0 radical (unpaired) electrons. The molecule has 0 spiro atoms. The van der Waals surface area contributed by atoms with E-state index in [2.05, 4.69) is 22.5 Å². The van der Waals surface area contributed by atoms with Crippen LogP contribution in [0.1, 0.15) is 23.7 Å². The van der Waals surface area contributed by atoms with Crippen LogP contribution >= 0.6 is 11.8 Å². The number of benzene rings is 1. The Kier molecular flexibility index (Phi) is 5.76. The molecule has 2 amide bonds. The Hall–Kier alpha value is -1.57. The summed E-state index contributed by atoms with van der Waals surface area (Å²) in [7, 11) is 0. The van der Waals surface area contributed by atoms with Gasteiger partial charge in [-0.1, -0.05) is 0 Å². The van der Waals surface area contributed by atoms with Gasteiger partial charge in [0.2, 0.25) is 5.91 Å². The first-order chi connectivity index (χ1) is 11.6. The van der Waals surface area contributed by atoms with Gasteiger partial charge in [-0.2, -0.15) is 0 Å². The second kappa shape index (κ2) is 8.00. The van der Waals surface area contributed by atoms with Crippen LogP contribution < -0.4 is 10.6 Å². The minimum atomic E-state index is -0.110. The van der Waals surface area contributed by atoms with Crippen molar-refractivity contribution in [3.05, 3.63) is 23.8 Å². The molecule has 130 valence electrons. The number of ether oxygens (including phenoxy) is 1. The van der Waals surface area contributed by atoms with Gasteiger partial charge in [0.1, 0.15) is 0 Å². The minimum absolute atomic E-state index is 0.000234. The van der Waals surface area contributed by atoms with Gasteiger partial charge in [0.15, 0.2) is 0 Å². The summed E-state index contributed by atoms with van der Waals surface area (Å²) < 4.78 is 5.35. The lowest BCUT2D eigenvalue weighted by molar-refractivity contribution is -0.115. The van der Waals surface area contributed by atoms with Crippen LogP contribution in [0.25, 0.3) is 0 Å². The standard InChI is InChI=1S/C17H23N3O3S/c1-12(20-5-7-23-8-6-20)11-18-17(22)13-2-3-15-14(10-13)19-16(21)4-9-24-15/h2-3,10,12H,4-9,11H2,1H3,(H,18,22)(H,19,21)/t12-/m0/s1. The van der Waals surface area contributed by atoms with Gasteiger partial charge in [-0.15, -0.1) is 11.8 Å². The Balaban J connectivity index is 1.59. The molecule has 2 heterocycles. The number of nitrogens with one attached hydrogen (secondary N) is 2. The molecule has 0 aliphatic carbocycles. The lowest BCUT2D eigenvalue weighted by atomic mass is 10.1. The number of thioether (sulfide) groups is 1. The van der Waals surface area contributed by atoms with E-state index in [1.54, 1.807) is 17.8 Å². The number of rotatable bonds is 4. The maximum Gasteiger partial charge on any atom is 0.251 e. The number of carbonyl (C=O) groups excluding carboxylic acids is 2. The lowest BCUT2D eigenvalue weighted by Crippen LogP contribution is -2.47. The zero-order chi connectivity index (χ0) is 16.9. The van der Waals surface area contributed by atoms with E-state index in [1.807, 2.05) is 12.1 Å². The van der Waals surface area contributed by atoms with Gasteiger partial charge in [-0.3, -0.25) is 14.5 Å². The monoisotopic (exact) mass is 349 g/mol. The normalized spacial score (nSPS) is 19.8. The molecule has 1 saturated heterocycles. The van der Waals surface area contributed by atoms with Crippen molar-refractivity contribution in [1.82, 2.24) is 10.2 Å². The summed E-state index contributed by atoms with van der Waals surface area (Å²) in [6, 6.07) is 5.76. The van der Waals surface area contributed by atoms with Gasteiger partial charge >= 0.3 is 0 Å². The van der Waals surface area contributed by atoms with Gasteiger partial charge in [0.05, 0.1) is 18.9 Å². The zero-order valence-electron chi connectivity index (χ0n) is 13.8. The highest BCUT2D eigenvalue weighted by molar-refractivity contribution is 7.99. The van der Waals surface area contributed by atoms with Crippen molar-refractivity contribution in [2.75, 3.05) is 43.9 Å². The van der Waals surface area contributed by atoms with Crippen molar-refractivity contribution in [3.63, 3.8) is 0 Å². The van der Waals surface area contributed by atoms with Crippen LogP contribution in [0.5, 0.6) is 0 Å². The average molecular weight is 349 g/mol. The number of anilines is 1. The third-order valence-electron chi connectivity index (χ3n) is 4.33. The van der Waals surface area contributed by atoms with Crippen molar-refractivity contribution in [1.29, 1.82) is 0 Å². The summed E-state index contributed by atoms with van der Waals surface area (Å²) in [4.78, 5) is 27.4. The first-order valence-electron chi connectivity index (χ1n) is 8.30. The third kappa shape index (κ3) is 4.28. The molecule has 0 aromatic heterocycles. The van der Waals surface area contributed by atoms with Gasteiger partial charge in [-0.05, 0) is 25.1 Å². The predicted molar refractivity (Wildman–Crippen MR) is 94.6 cm³/mol. The fourth-order valence-corrected chi connectivity index (χ4v) is 3.79. The summed E-state index contributed by atoms with van der Waals surface area (Å²) in [5.41, 5.74) is 1.31. The molecule has 24 heavy (non-hydrogen) atoms. The van der Waals surface area contributed by atoms with Crippen LogP contribution in [0.4, 0.5) is 5.69 Å². The Labute approximate surface area is 146 Å². The number of carbonyl (C=O) groups is 2. The van der Waals surface area contributed by atoms with E-state index in [0.29, 0.717) is 18.5 Å². The number of amides is 2. The molecule has 6 nitrogen and oxygen atoms in total. The molecule has 2 aliphatic rings. The zero-order valence-corrected chi connectivity index (χ0v) is 14.7. The number of nitrogens with zero attached hydrogens (tertiary/aromatic N) is 1. The average Bonchev–Trinajstić information content (AvgIpc) is 2.79. The highest BCUT2D eigenvalue weighted by Crippen LogP contribution is 2.31. The highest BCUT2D eigenvalue weighted by atomic mass is 32.2. The molecule has 7 heteroatoms. The number of fused-ring (bicyclic) bond motifs is 1. The van der Waals surface area contributed by atoms with Gasteiger partial charge in [-0.25, -0.2) is 0 Å². The molecule has 0 unspecified atom stereocenters. The quantitative estimate of drug-likeness (QED) is 0.863. The van der Waals surface area contributed by atoms with Crippen molar-refractivity contribution >= 4 is 29.3 Å². The van der Waals surface area contributed by atoms with Crippen molar-refractivity contribution in [3.8, 4) is 0 Å². The largest absolute Gasteiger partial charge is 0.379 e. The first kappa shape index (κ1) is 17.3. The Morgan fingerprint density at radius 2 is 2.21 bits per heavy atom. The van der Waals surface area contributed by atoms with Crippen LogP contribution in [0.2, 0.25) is 0 Å². The summed E-state index contributed by atoms with van der Waals surface area (Å²) in [5, 5.41) is 5.86. The van der Waals surface area contributed by atoms with Gasteiger partial charge < -0.3 is 15.4 Å². The minimum Gasteiger partial charge on any atom is -0.379 e. The van der Waals surface area contributed by atoms with E-state index in [1.165, 1.54) is 0 Å². The molecular weight excluding hydrogens is 326 g/mol. The second-order valence-corrected chi connectivity index (χ2v) is 7.20. The Morgan fingerprint density at radius 1 is 1.42 bits per heavy atom. The lowest BCUT2D eigenvalue weighted by Gasteiger charge is -2.32. The first-order valence-corrected chi connectivity index (χ1v) is 9.29. The number of hydrogen-bond acceptors (Lipinski definition) is 5. The molecular formula is C17H23N3O3S. The molecule has 0 bridgehead atoms. The molecule has 3 rings (SSSR count). The van der Waals surface area contributed by atoms with E-state index in [9.17, 15) is 9.59 Å². The fourth-order valence-electron chi connectivity index (χ4n) is 2.85. The smallest absolute Gasteiger partial charge is 0.251 e. The summed E-state index contributed by atoms with van der Waals surface area (Å²) >= 11 is 1.64. The van der Waals surface area contributed by atoms with Gasteiger partial charge in [0.25, 0.3) is 5.91 Å². The molecule has 1 aromatic carbocycles. The maximum atomic E-state index is 12.4. The number of hydrogen-bond donors (Lipinski definition) is 2. The molecule has 0 saturated carbocycles. The Morgan fingerprint density at radius 3 is 3.00 bits per heavy atom. The van der Waals surface area contributed by atoms with E-state index in [-0.39, 0.29) is 17.9 Å². The van der Waals surface area contributed by atoms with Crippen LogP contribution in [0.15, 0.2) is 23.1 Å². The van der Waals surface area contributed by atoms with Crippen LogP contribution in [-0.4, -0.2) is 61.4 Å². The third-order valence-corrected chi connectivity index (χ3v) is 5.40. The topological polar surface area (TPSA) is 70.7 Å². The molecule has 1 fully saturated rings. The van der Waals surface area contributed by atoms with E-state index >= 15 is 0 Å². The molecule has 1 atom stereocenters. The highest BCUT2D eigenvalue weighted by Gasteiger charge is 2.19. The van der Waals surface area contributed by atoms with Crippen molar-refractivity contribution < 1.29 is 14.3 Å². The predicted octanol–water partition coefficient (Wildman–Crippen LogP) is 1.57. The van der Waals surface area contributed by atoms with Crippen LogP contribution in [0.3, 0.4) is 0 Å². The molecule has 1 aromatic rings. The Bertz CT molecular complexity index is 617. The van der Waals surface area contributed by atoms with Gasteiger partial charge in [0, 0.05) is 48.3 Å². The summed E-state index contributed by atoms with van der Waals surface area (Å²) in [6.07, 6.45) is 0.498. The van der Waals surface area contributed by atoms with E-state index in [0.717, 1.165) is 42.6 Å². The fraction of sp³-hybridized carbons (Fsp3) is 0.529. The second-order valence-electron chi connectivity index (χ2n) is 6.06. The SMILES string of the molecule is C[C@@H](CNC(=O)c1ccc2c(c1)NC(=O)CCS2)N1CCOCC1. The maximum absolute atomic E-state index is 12.4. The summed E-state index contributed by atoms with van der Waals surface area (Å²) in [5.74, 6) is 0.655. The summed E-state index contributed by atoms with van der Waals surface area (Å²) in [6.45, 7) is 6.01. The molecule has 2 aliphatic heterocycles. The van der Waals surface area contributed by atoms with E-state index in [4.69, 9.17) is 4.74 Å². The van der Waals surface area contributed by atoms with Crippen LogP contribution in [0, 0.1) is 0 Å². The number of morpholine rings is 1. The molecule has 2 N–H and O–H groups in total. The van der Waals surface area contributed by atoms with Crippen molar-refractivity contribution in [2.45, 2.75) is 24.3 Å². The van der Waals surface area contributed by atoms with Crippen molar-refractivity contribution in [2.24, 2.45) is 0 Å².